The summed E-state index contributed by atoms with van der Waals surface area (Å²) in [4.78, 5) is 22.3. The molecule has 0 fully saturated rings. The number of rotatable bonds is 6. The van der Waals surface area contributed by atoms with Crippen molar-refractivity contribution in [2.75, 3.05) is 0 Å². The van der Waals surface area contributed by atoms with Crippen LogP contribution in [-0.4, -0.2) is 26.4 Å². The smallest absolute Gasteiger partial charge is 0.331 e. The molecule has 1 aliphatic rings. The first-order chi connectivity index (χ1) is 9.53. The van der Waals surface area contributed by atoms with E-state index < -0.39 is 8.07 Å². The Labute approximate surface area is 120 Å². The minimum absolute atomic E-state index is 0.128. The second kappa shape index (κ2) is 6.18. The maximum atomic E-state index is 11.3. The molecule has 0 amide bonds. The summed E-state index contributed by atoms with van der Waals surface area (Å²) in [5.74, 6) is -0.296. The van der Waals surface area contributed by atoms with E-state index in [1.54, 1.807) is 6.08 Å². The first-order valence-corrected chi connectivity index (χ1v) is 10.2. The molecule has 0 saturated carbocycles. The summed E-state index contributed by atoms with van der Waals surface area (Å²) in [6, 6.07) is 11.3. The number of ether oxygens (including phenoxy) is 1. The van der Waals surface area contributed by atoms with Gasteiger partial charge in [-0.25, -0.2) is 4.79 Å². The molecule has 1 heterocycles. The molecule has 4 heteroatoms. The lowest BCUT2D eigenvalue weighted by Gasteiger charge is -2.34. The maximum absolute atomic E-state index is 11.3. The molecule has 3 nitrogen and oxygen atoms in total. The van der Waals surface area contributed by atoms with E-state index in [9.17, 15) is 9.59 Å². The fourth-order valence-electron chi connectivity index (χ4n) is 2.86. The van der Waals surface area contributed by atoms with E-state index in [4.69, 9.17) is 4.74 Å². The van der Waals surface area contributed by atoms with Crippen molar-refractivity contribution >= 4 is 20.3 Å². The van der Waals surface area contributed by atoms with Gasteiger partial charge in [-0.1, -0.05) is 49.0 Å². The van der Waals surface area contributed by atoms with Crippen LogP contribution in [0.2, 0.25) is 18.6 Å². The molecule has 1 aromatic carbocycles. The third-order valence-electron chi connectivity index (χ3n) is 3.93. The van der Waals surface area contributed by atoms with Gasteiger partial charge in [-0.05, 0) is 12.1 Å². The summed E-state index contributed by atoms with van der Waals surface area (Å²) in [6.45, 7) is 4.52. The Morgan fingerprint density at radius 1 is 1.30 bits per heavy atom. The number of carbonyl (C=O) groups excluding carboxylic acids is 2. The number of benzene rings is 1. The zero-order valence-electron chi connectivity index (χ0n) is 11.9. The summed E-state index contributed by atoms with van der Waals surface area (Å²) in [6.07, 6.45) is 4.43. The quantitative estimate of drug-likeness (QED) is 0.459. The minimum Gasteiger partial charge on any atom is -0.455 e. The van der Waals surface area contributed by atoms with Crippen molar-refractivity contribution in [3.63, 3.8) is 0 Å². The molecule has 1 aromatic rings. The predicted molar refractivity (Wildman–Crippen MR) is 81.1 cm³/mol. The SMILES string of the molecule is C[Si](C)(Cc1ccccc1)[C@@H](CC=O)[C@H]1C=CC(=O)O1. The van der Waals surface area contributed by atoms with Crippen LogP contribution in [0.15, 0.2) is 42.5 Å². The summed E-state index contributed by atoms with van der Waals surface area (Å²) in [5, 5.41) is 0. The van der Waals surface area contributed by atoms with Crippen molar-refractivity contribution in [1.82, 2.24) is 0 Å². The van der Waals surface area contributed by atoms with Gasteiger partial charge in [0, 0.05) is 18.0 Å². The summed E-state index contributed by atoms with van der Waals surface area (Å²) >= 11 is 0. The zero-order valence-corrected chi connectivity index (χ0v) is 12.9. The Hall–Kier alpha value is -1.68. The Kier molecular flexibility index (Phi) is 4.55. The fraction of sp³-hybridized carbons (Fsp3) is 0.375. The second-order valence-corrected chi connectivity index (χ2v) is 11.0. The van der Waals surface area contributed by atoms with Crippen LogP contribution in [0.3, 0.4) is 0 Å². The van der Waals surface area contributed by atoms with E-state index >= 15 is 0 Å². The fourth-order valence-corrected chi connectivity index (χ4v) is 6.21. The van der Waals surface area contributed by atoms with Gasteiger partial charge in [0.2, 0.25) is 0 Å². The van der Waals surface area contributed by atoms with Crippen molar-refractivity contribution in [2.24, 2.45) is 0 Å². The van der Waals surface area contributed by atoms with Gasteiger partial charge < -0.3 is 9.53 Å². The van der Waals surface area contributed by atoms with Crippen LogP contribution in [0.1, 0.15) is 12.0 Å². The highest BCUT2D eigenvalue weighted by molar-refractivity contribution is 6.78. The Balaban J connectivity index is 2.16. The molecule has 0 spiro atoms. The molecule has 0 N–H and O–H groups in total. The number of aldehydes is 1. The van der Waals surface area contributed by atoms with E-state index in [2.05, 4.69) is 25.2 Å². The lowest BCUT2D eigenvalue weighted by atomic mass is 10.2. The Morgan fingerprint density at radius 3 is 2.55 bits per heavy atom. The number of carbonyl (C=O) groups is 2. The van der Waals surface area contributed by atoms with Gasteiger partial charge in [0.05, 0.1) is 8.07 Å². The summed E-state index contributed by atoms with van der Waals surface area (Å²) in [5.41, 5.74) is 1.41. The molecule has 0 aromatic heterocycles. The average Bonchev–Trinajstić information content (AvgIpc) is 2.82. The van der Waals surface area contributed by atoms with Gasteiger partial charge in [0.25, 0.3) is 0 Å². The molecular formula is C16H20O3Si. The van der Waals surface area contributed by atoms with Gasteiger partial charge >= 0.3 is 5.97 Å². The lowest BCUT2D eigenvalue weighted by molar-refractivity contribution is -0.139. The van der Waals surface area contributed by atoms with E-state index in [0.717, 1.165) is 12.3 Å². The molecule has 2 rings (SSSR count). The van der Waals surface area contributed by atoms with Crippen molar-refractivity contribution in [3.05, 3.63) is 48.0 Å². The van der Waals surface area contributed by atoms with Gasteiger partial charge in [0.15, 0.2) is 0 Å². The molecule has 20 heavy (non-hydrogen) atoms. The van der Waals surface area contributed by atoms with Crippen LogP contribution in [0.5, 0.6) is 0 Å². The highest BCUT2D eigenvalue weighted by atomic mass is 28.3. The van der Waals surface area contributed by atoms with E-state index in [-0.39, 0.29) is 17.6 Å². The van der Waals surface area contributed by atoms with Crippen molar-refractivity contribution in [1.29, 1.82) is 0 Å². The van der Waals surface area contributed by atoms with E-state index in [1.807, 2.05) is 18.2 Å². The van der Waals surface area contributed by atoms with Crippen LogP contribution >= 0.6 is 0 Å². The maximum Gasteiger partial charge on any atom is 0.331 e. The van der Waals surface area contributed by atoms with Gasteiger partial charge in [-0.2, -0.15) is 0 Å². The molecular weight excluding hydrogens is 268 g/mol. The van der Waals surface area contributed by atoms with Crippen LogP contribution < -0.4 is 0 Å². The second-order valence-electron chi connectivity index (χ2n) is 5.92. The third kappa shape index (κ3) is 3.45. The molecule has 106 valence electrons. The molecule has 0 radical (unpaired) electrons. The van der Waals surface area contributed by atoms with E-state index in [0.29, 0.717) is 6.42 Å². The lowest BCUT2D eigenvalue weighted by Crippen LogP contribution is -2.42. The predicted octanol–water partition coefficient (Wildman–Crippen LogP) is 2.92. The minimum atomic E-state index is -1.75. The number of cyclic esters (lactones) is 1. The van der Waals surface area contributed by atoms with Crippen LogP contribution in [-0.2, 0) is 20.4 Å². The van der Waals surface area contributed by atoms with Crippen molar-refractivity contribution in [2.45, 2.75) is 37.2 Å². The molecule has 1 aliphatic heterocycles. The number of hydrogen-bond acceptors (Lipinski definition) is 3. The largest absolute Gasteiger partial charge is 0.455 e. The molecule has 0 saturated heterocycles. The topological polar surface area (TPSA) is 43.4 Å². The van der Waals surface area contributed by atoms with Gasteiger partial charge in [-0.15, -0.1) is 0 Å². The summed E-state index contributed by atoms with van der Waals surface area (Å²) in [7, 11) is -1.75. The van der Waals surface area contributed by atoms with Crippen LogP contribution in [0.4, 0.5) is 0 Å². The first kappa shape index (κ1) is 14.7. The van der Waals surface area contributed by atoms with Gasteiger partial charge in [0.1, 0.15) is 12.4 Å². The average molecular weight is 288 g/mol. The zero-order chi connectivity index (χ0) is 14.6. The molecule has 0 bridgehead atoms. The van der Waals surface area contributed by atoms with Crippen molar-refractivity contribution in [3.8, 4) is 0 Å². The Bertz CT molecular complexity index is 508. The Morgan fingerprint density at radius 2 is 2.00 bits per heavy atom. The van der Waals surface area contributed by atoms with E-state index in [1.165, 1.54) is 11.6 Å². The normalized spacial score (nSPS) is 19.7. The standard InChI is InChI=1S/C16H20O3Si/c1-20(2,12-13-6-4-3-5-7-13)15(10-11-17)14-8-9-16(18)19-14/h3-9,11,14-15H,10,12H2,1-2H3/t14-,15+/m1/s1. The van der Waals surface area contributed by atoms with Gasteiger partial charge in [-0.3, -0.25) is 0 Å². The van der Waals surface area contributed by atoms with Crippen molar-refractivity contribution < 1.29 is 14.3 Å². The highest BCUT2D eigenvalue weighted by Gasteiger charge is 2.39. The number of hydrogen-bond donors (Lipinski definition) is 0. The molecule has 0 aliphatic carbocycles. The monoisotopic (exact) mass is 288 g/mol. The summed E-state index contributed by atoms with van der Waals surface area (Å²) < 4.78 is 5.33. The molecule has 2 atom stereocenters. The third-order valence-corrected chi connectivity index (χ3v) is 7.82. The molecule has 0 unspecified atom stereocenters. The van der Waals surface area contributed by atoms with Crippen LogP contribution in [0, 0.1) is 0 Å². The highest BCUT2D eigenvalue weighted by Crippen LogP contribution is 2.35. The van der Waals surface area contributed by atoms with Crippen LogP contribution in [0.25, 0.3) is 0 Å². The first-order valence-electron chi connectivity index (χ1n) is 6.89. The number of esters is 1.